The van der Waals surface area contributed by atoms with Crippen molar-refractivity contribution in [3.05, 3.63) is 60.0 Å². The Morgan fingerprint density at radius 2 is 2.17 bits per heavy atom. The standard InChI is InChI=1S/C18H20N4O2/c1-13-11-14(6-7-16(13)24-2)21-18(23)19-9-8-15-12-22-10-4-3-5-17(22)20-15/h3-7,10-12H,8-9H2,1-2H3,(H2,19,21,23). The lowest BCUT2D eigenvalue weighted by molar-refractivity contribution is 0.252. The van der Waals surface area contributed by atoms with Gasteiger partial charge in [0.15, 0.2) is 0 Å². The Morgan fingerprint density at radius 3 is 2.92 bits per heavy atom. The van der Waals surface area contributed by atoms with Crippen molar-refractivity contribution in [3.63, 3.8) is 0 Å². The molecule has 0 unspecified atom stereocenters. The van der Waals surface area contributed by atoms with E-state index in [-0.39, 0.29) is 6.03 Å². The molecule has 6 nitrogen and oxygen atoms in total. The van der Waals surface area contributed by atoms with Crippen LogP contribution in [0.1, 0.15) is 11.3 Å². The fourth-order valence-corrected chi connectivity index (χ4v) is 2.54. The zero-order valence-corrected chi connectivity index (χ0v) is 13.7. The minimum atomic E-state index is -0.233. The number of carbonyl (C=O) groups is 1. The Balaban J connectivity index is 1.51. The van der Waals surface area contributed by atoms with Crippen molar-refractivity contribution in [2.75, 3.05) is 19.0 Å². The second-order valence-corrected chi connectivity index (χ2v) is 5.51. The van der Waals surface area contributed by atoms with Crippen LogP contribution in [0.3, 0.4) is 0 Å². The van der Waals surface area contributed by atoms with Crippen LogP contribution < -0.4 is 15.4 Å². The quantitative estimate of drug-likeness (QED) is 0.758. The number of benzene rings is 1. The van der Waals surface area contributed by atoms with E-state index in [9.17, 15) is 4.79 Å². The van der Waals surface area contributed by atoms with Crippen LogP contribution in [0.4, 0.5) is 10.5 Å². The molecule has 6 heteroatoms. The first-order chi connectivity index (χ1) is 11.7. The summed E-state index contributed by atoms with van der Waals surface area (Å²) in [6.07, 6.45) is 4.61. The number of fused-ring (bicyclic) bond motifs is 1. The van der Waals surface area contributed by atoms with E-state index >= 15 is 0 Å². The molecule has 1 aromatic carbocycles. The van der Waals surface area contributed by atoms with Crippen LogP contribution in [0.25, 0.3) is 5.65 Å². The molecule has 0 aliphatic heterocycles. The van der Waals surface area contributed by atoms with Crippen molar-refractivity contribution in [1.29, 1.82) is 0 Å². The highest BCUT2D eigenvalue weighted by atomic mass is 16.5. The van der Waals surface area contributed by atoms with Gasteiger partial charge < -0.3 is 19.8 Å². The summed E-state index contributed by atoms with van der Waals surface area (Å²) in [6.45, 7) is 2.45. The first-order valence-electron chi connectivity index (χ1n) is 7.78. The summed E-state index contributed by atoms with van der Waals surface area (Å²) in [4.78, 5) is 16.5. The molecular formula is C18H20N4O2. The van der Waals surface area contributed by atoms with Crippen molar-refractivity contribution in [2.24, 2.45) is 0 Å². The number of pyridine rings is 1. The molecule has 2 amide bonds. The number of anilines is 1. The fraction of sp³-hybridized carbons (Fsp3) is 0.222. The first kappa shape index (κ1) is 15.9. The van der Waals surface area contributed by atoms with Crippen LogP contribution in [0.15, 0.2) is 48.8 Å². The molecule has 0 saturated heterocycles. The number of hydrogen-bond acceptors (Lipinski definition) is 3. The minimum Gasteiger partial charge on any atom is -0.496 e. The summed E-state index contributed by atoms with van der Waals surface area (Å²) in [7, 11) is 1.63. The molecule has 24 heavy (non-hydrogen) atoms. The van der Waals surface area contributed by atoms with Gasteiger partial charge in [-0.2, -0.15) is 0 Å². The second kappa shape index (κ2) is 7.04. The highest BCUT2D eigenvalue weighted by molar-refractivity contribution is 5.89. The van der Waals surface area contributed by atoms with E-state index in [4.69, 9.17) is 4.74 Å². The van der Waals surface area contributed by atoms with Crippen LogP contribution in [-0.4, -0.2) is 29.1 Å². The molecule has 124 valence electrons. The third-order valence-corrected chi connectivity index (χ3v) is 3.73. The van der Waals surface area contributed by atoms with E-state index in [1.165, 1.54) is 0 Å². The van der Waals surface area contributed by atoms with Gasteiger partial charge in [0.05, 0.1) is 12.8 Å². The smallest absolute Gasteiger partial charge is 0.319 e. The van der Waals surface area contributed by atoms with Crippen LogP contribution in [-0.2, 0) is 6.42 Å². The van der Waals surface area contributed by atoms with Crippen LogP contribution in [0.5, 0.6) is 5.75 Å². The predicted octanol–water partition coefficient (Wildman–Crippen LogP) is 3.02. The number of methoxy groups -OCH3 is 1. The van der Waals surface area contributed by atoms with Gasteiger partial charge in [0.2, 0.25) is 0 Å². The average molecular weight is 324 g/mol. The molecule has 0 spiro atoms. The Kier molecular flexibility index (Phi) is 4.65. The number of hydrogen-bond donors (Lipinski definition) is 2. The highest BCUT2D eigenvalue weighted by Gasteiger charge is 2.05. The Hall–Kier alpha value is -3.02. The van der Waals surface area contributed by atoms with Gasteiger partial charge in [0, 0.05) is 31.0 Å². The first-order valence-corrected chi connectivity index (χ1v) is 7.78. The van der Waals surface area contributed by atoms with Gasteiger partial charge in [-0.1, -0.05) is 6.07 Å². The van der Waals surface area contributed by atoms with Gasteiger partial charge in [-0.3, -0.25) is 0 Å². The summed E-state index contributed by atoms with van der Waals surface area (Å²) in [5.41, 5.74) is 3.56. The second-order valence-electron chi connectivity index (χ2n) is 5.51. The molecule has 2 N–H and O–H groups in total. The van der Waals surface area contributed by atoms with E-state index in [1.54, 1.807) is 7.11 Å². The number of aromatic nitrogens is 2. The minimum absolute atomic E-state index is 0.233. The summed E-state index contributed by atoms with van der Waals surface area (Å²) in [6, 6.07) is 11.2. The van der Waals surface area contributed by atoms with Crippen molar-refractivity contribution in [3.8, 4) is 5.75 Å². The summed E-state index contributed by atoms with van der Waals surface area (Å²) in [5, 5.41) is 5.66. The molecule has 3 rings (SSSR count). The van der Waals surface area contributed by atoms with Crippen LogP contribution in [0.2, 0.25) is 0 Å². The lowest BCUT2D eigenvalue weighted by Gasteiger charge is -2.09. The monoisotopic (exact) mass is 324 g/mol. The van der Waals surface area contributed by atoms with E-state index in [0.29, 0.717) is 13.0 Å². The summed E-state index contributed by atoms with van der Waals surface area (Å²) in [5.74, 6) is 0.799. The fourth-order valence-electron chi connectivity index (χ4n) is 2.54. The van der Waals surface area contributed by atoms with Crippen LogP contribution in [0, 0.1) is 6.92 Å². The number of ether oxygens (including phenoxy) is 1. The van der Waals surface area contributed by atoms with E-state index < -0.39 is 0 Å². The van der Waals surface area contributed by atoms with Crippen molar-refractivity contribution in [1.82, 2.24) is 14.7 Å². The predicted molar refractivity (Wildman–Crippen MR) is 93.6 cm³/mol. The number of nitrogens with zero attached hydrogens (tertiary/aromatic N) is 2. The Bertz CT molecular complexity index is 824. The summed E-state index contributed by atoms with van der Waals surface area (Å²) >= 11 is 0. The molecule has 3 aromatic rings. The number of aryl methyl sites for hydroxylation is 1. The maximum absolute atomic E-state index is 12.0. The number of carbonyl (C=O) groups excluding carboxylic acids is 1. The number of urea groups is 1. The normalized spacial score (nSPS) is 10.6. The van der Waals surface area contributed by atoms with Crippen LogP contribution >= 0.6 is 0 Å². The SMILES string of the molecule is COc1ccc(NC(=O)NCCc2cn3ccccc3n2)cc1C. The molecule has 0 bridgehead atoms. The maximum Gasteiger partial charge on any atom is 0.319 e. The van der Waals surface area contributed by atoms with E-state index in [2.05, 4.69) is 15.6 Å². The van der Waals surface area contributed by atoms with Gasteiger partial charge in [0.25, 0.3) is 0 Å². The zero-order chi connectivity index (χ0) is 16.9. The maximum atomic E-state index is 12.0. The van der Waals surface area contributed by atoms with Gasteiger partial charge in [0.1, 0.15) is 11.4 Å². The van der Waals surface area contributed by atoms with Crippen molar-refractivity contribution < 1.29 is 9.53 Å². The molecule has 2 aromatic heterocycles. The van der Waals surface area contributed by atoms with E-state index in [1.807, 2.05) is 60.1 Å². The van der Waals surface area contributed by atoms with Crippen molar-refractivity contribution in [2.45, 2.75) is 13.3 Å². The third-order valence-electron chi connectivity index (χ3n) is 3.73. The van der Waals surface area contributed by atoms with Gasteiger partial charge in [-0.05, 0) is 42.8 Å². The topological polar surface area (TPSA) is 67.7 Å². The molecule has 2 heterocycles. The Labute approximate surface area is 140 Å². The molecule has 0 aliphatic carbocycles. The van der Waals surface area contributed by atoms with Gasteiger partial charge in [-0.15, -0.1) is 0 Å². The largest absolute Gasteiger partial charge is 0.496 e. The third kappa shape index (κ3) is 3.65. The molecule has 0 aliphatic rings. The zero-order valence-electron chi connectivity index (χ0n) is 13.7. The van der Waals surface area contributed by atoms with Gasteiger partial charge >= 0.3 is 6.03 Å². The number of amides is 2. The number of imidazole rings is 1. The lowest BCUT2D eigenvalue weighted by Crippen LogP contribution is -2.30. The molecule has 0 fully saturated rings. The highest BCUT2D eigenvalue weighted by Crippen LogP contribution is 2.21. The molecule has 0 radical (unpaired) electrons. The summed E-state index contributed by atoms with van der Waals surface area (Å²) < 4.78 is 7.17. The van der Waals surface area contributed by atoms with Crippen molar-refractivity contribution >= 4 is 17.4 Å². The van der Waals surface area contributed by atoms with E-state index in [0.717, 1.165) is 28.3 Å². The molecular weight excluding hydrogens is 304 g/mol. The molecule has 0 saturated carbocycles. The number of rotatable bonds is 5. The number of nitrogens with one attached hydrogen (secondary N) is 2. The average Bonchev–Trinajstić information content (AvgIpc) is 2.97. The Morgan fingerprint density at radius 1 is 1.29 bits per heavy atom. The lowest BCUT2D eigenvalue weighted by atomic mass is 10.2. The van der Waals surface area contributed by atoms with Gasteiger partial charge in [-0.25, -0.2) is 9.78 Å². The molecule has 0 atom stereocenters.